The largest absolute Gasteiger partial charge is 0.489 e. The lowest BCUT2D eigenvalue weighted by Gasteiger charge is -2.12. The van der Waals surface area contributed by atoms with Gasteiger partial charge in [-0.3, -0.25) is 9.69 Å². The van der Waals surface area contributed by atoms with Crippen molar-refractivity contribution < 1.29 is 18.7 Å². The van der Waals surface area contributed by atoms with Crippen LogP contribution in [0, 0.1) is 5.82 Å². The molecule has 4 aromatic rings. The summed E-state index contributed by atoms with van der Waals surface area (Å²) in [5, 5.41) is 4.86. The van der Waals surface area contributed by atoms with Crippen molar-refractivity contribution in [1.82, 2.24) is 14.7 Å². The Kier molecular flexibility index (Phi) is 7.97. The minimum absolute atomic E-state index is 0.146. The van der Waals surface area contributed by atoms with Gasteiger partial charge >= 0.3 is 0 Å². The van der Waals surface area contributed by atoms with Gasteiger partial charge in [-0.15, -0.1) is 0 Å². The van der Waals surface area contributed by atoms with E-state index >= 15 is 0 Å². The number of amides is 1. The summed E-state index contributed by atoms with van der Waals surface area (Å²) in [5.41, 5.74) is 4.06. The van der Waals surface area contributed by atoms with Gasteiger partial charge < -0.3 is 9.47 Å². The van der Waals surface area contributed by atoms with E-state index in [-0.39, 0.29) is 11.7 Å². The first-order chi connectivity index (χ1) is 18.5. The third kappa shape index (κ3) is 5.85. The Morgan fingerprint density at radius 1 is 1.05 bits per heavy atom. The summed E-state index contributed by atoms with van der Waals surface area (Å²) in [6, 6.07) is 23.6. The van der Waals surface area contributed by atoms with Crippen LogP contribution < -0.4 is 4.74 Å². The molecule has 5 rings (SSSR count). The van der Waals surface area contributed by atoms with Crippen molar-refractivity contribution in [2.24, 2.45) is 0 Å². The van der Waals surface area contributed by atoms with Crippen molar-refractivity contribution >= 4 is 40.3 Å². The van der Waals surface area contributed by atoms with Gasteiger partial charge in [-0.25, -0.2) is 9.07 Å². The Bertz CT molecular complexity index is 1490. The van der Waals surface area contributed by atoms with E-state index in [0.717, 1.165) is 22.4 Å². The summed E-state index contributed by atoms with van der Waals surface area (Å²) in [4.78, 5) is 15.2. The van der Waals surface area contributed by atoms with Crippen molar-refractivity contribution in [2.45, 2.75) is 6.61 Å². The molecule has 0 radical (unpaired) electrons. The fraction of sp³-hybridized carbons (Fsp3) is 0.138. The van der Waals surface area contributed by atoms with Crippen LogP contribution in [-0.2, 0) is 16.1 Å². The lowest BCUT2D eigenvalue weighted by atomic mass is 10.1. The van der Waals surface area contributed by atoms with E-state index in [1.54, 1.807) is 28.8 Å². The van der Waals surface area contributed by atoms with Crippen LogP contribution in [0.15, 0.2) is 90.0 Å². The number of halogens is 1. The van der Waals surface area contributed by atoms with Gasteiger partial charge in [0.05, 0.1) is 23.7 Å². The molecule has 1 aliphatic heterocycles. The van der Waals surface area contributed by atoms with E-state index in [9.17, 15) is 9.18 Å². The average Bonchev–Trinajstić information content (AvgIpc) is 3.48. The van der Waals surface area contributed by atoms with Crippen molar-refractivity contribution in [3.63, 3.8) is 0 Å². The molecule has 9 heteroatoms. The Balaban J connectivity index is 1.48. The van der Waals surface area contributed by atoms with Crippen LogP contribution in [0.1, 0.15) is 11.1 Å². The SMILES string of the molecule is COCCN1C(=O)/C(=C/c2cn(-c3ccccc3)nc2-c2cccc(OCc3ccc(F)cc3)c2)SC1=S. The highest BCUT2D eigenvalue weighted by Gasteiger charge is 2.32. The van der Waals surface area contributed by atoms with E-state index < -0.39 is 0 Å². The number of para-hydroxylation sites is 1. The molecule has 1 saturated heterocycles. The molecule has 0 N–H and O–H groups in total. The van der Waals surface area contributed by atoms with Crippen LogP contribution in [0.2, 0.25) is 0 Å². The third-order valence-corrected chi connectivity index (χ3v) is 7.25. The zero-order valence-electron chi connectivity index (χ0n) is 20.5. The molecule has 0 bridgehead atoms. The number of thioether (sulfide) groups is 1. The molecule has 0 saturated carbocycles. The quantitative estimate of drug-likeness (QED) is 0.187. The van der Waals surface area contributed by atoms with Crippen LogP contribution in [0.25, 0.3) is 23.0 Å². The minimum Gasteiger partial charge on any atom is -0.489 e. The van der Waals surface area contributed by atoms with E-state index in [2.05, 4.69) is 0 Å². The second kappa shape index (κ2) is 11.7. The summed E-state index contributed by atoms with van der Waals surface area (Å²) in [7, 11) is 1.59. The Morgan fingerprint density at radius 3 is 2.61 bits per heavy atom. The molecule has 192 valence electrons. The van der Waals surface area contributed by atoms with Crippen LogP contribution in [0.5, 0.6) is 5.75 Å². The van der Waals surface area contributed by atoms with Gasteiger partial charge in [0, 0.05) is 24.4 Å². The Hall–Kier alpha value is -3.79. The number of benzene rings is 3. The van der Waals surface area contributed by atoms with Crippen LogP contribution in [0.4, 0.5) is 4.39 Å². The van der Waals surface area contributed by atoms with E-state index in [0.29, 0.717) is 40.4 Å². The summed E-state index contributed by atoms with van der Waals surface area (Å²) in [6.45, 7) is 1.11. The maximum Gasteiger partial charge on any atom is 0.266 e. The van der Waals surface area contributed by atoms with Gasteiger partial charge in [-0.05, 0) is 48.0 Å². The number of hydrogen-bond donors (Lipinski definition) is 0. The second-order valence-corrected chi connectivity index (χ2v) is 10.2. The number of methoxy groups -OCH3 is 1. The lowest BCUT2D eigenvalue weighted by molar-refractivity contribution is -0.122. The topological polar surface area (TPSA) is 56.6 Å². The molecular formula is C29H24FN3O3S2. The highest BCUT2D eigenvalue weighted by atomic mass is 32.2. The third-order valence-electron chi connectivity index (χ3n) is 5.87. The molecule has 1 amide bonds. The fourth-order valence-electron chi connectivity index (χ4n) is 3.93. The fourth-order valence-corrected chi connectivity index (χ4v) is 5.23. The molecule has 1 aromatic heterocycles. The van der Waals surface area contributed by atoms with Crippen molar-refractivity contribution in [2.75, 3.05) is 20.3 Å². The summed E-state index contributed by atoms with van der Waals surface area (Å²) >= 11 is 6.71. The normalized spacial score (nSPS) is 14.5. The molecular weight excluding hydrogens is 521 g/mol. The number of aromatic nitrogens is 2. The monoisotopic (exact) mass is 545 g/mol. The highest BCUT2D eigenvalue weighted by Crippen LogP contribution is 2.35. The van der Waals surface area contributed by atoms with Gasteiger partial charge in [0.15, 0.2) is 0 Å². The van der Waals surface area contributed by atoms with E-state index in [1.165, 1.54) is 23.9 Å². The highest BCUT2D eigenvalue weighted by molar-refractivity contribution is 8.26. The average molecular weight is 546 g/mol. The number of thiocarbonyl (C=S) groups is 1. The zero-order chi connectivity index (χ0) is 26.5. The van der Waals surface area contributed by atoms with Crippen LogP contribution in [-0.4, -0.2) is 45.2 Å². The molecule has 2 heterocycles. The number of hydrogen-bond acceptors (Lipinski definition) is 6. The molecule has 0 unspecified atom stereocenters. The number of carbonyl (C=O) groups excluding carboxylic acids is 1. The molecule has 0 atom stereocenters. The predicted molar refractivity (Wildman–Crippen MR) is 151 cm³/mol. The van der Waals surface area contributed by atoms with Crippen LogP contribution >= 0.6 is 24.0 Å². The molecule has 1 fully saturated rings. The zero-order valence-corrected chi connectivity index (χ0v) is 22.2. The second-order valence-electron chi connectivity index (χ2n) is 8.48. The van der Waals surface area contributed by atoms with Gasteiger partial charge in [0.1, 0.15) is 28.2 Å². The molecule has 38 heavy (non-hydrogen) atoms. The summed E-state index contributed by atoms with van der Waals surface area (Å²) in [6.07, 6.45) is 3.73. The number of rotatable bonds is 9. The van der Waals surface area contributed by atoms with Gasteiger partial charge in [0.2, 0.25) is 0 Å². The smallest absolute Gasteiger partial charge is 0.266 e. The van der Waals surface area contributed by atoms with Crippen LogP contribution in [0.3, 0.4) is 0 Å². The van der Waals surface area contributed by atoms with E-state index in [1.807, 2.05) is 66.9 Å². The maximum atomic E-state index is 13.2. The van der Waals surface area contributed by atoms with Crippen molar-refractivity contribution in [3.8, 4) is 22.7 Å². The molecule has 1 aliphatic rings. The molecule has 0 aliphatic carbocycles. The van der Waals surface area contributed by atoms with Crippen molar-refractivity contribution in [1.29, 1.82) is 0 Å². The van der Waals surface area contributed by atoms with Gasteiger partial charge in [-0.2, -0.15) is 5.10 Å². The molecule has 3 aromatic carbocycles. The molecule has 0 spiro atoms. The summed E-state index contributed by atoms with van der Waals surface area (Å²) in [5.74, 6) is 0.220. The number of ether oxygens (including phenoxy) is 2. The summed E-state index contributed by atoms with van der Waals surface area (Å²) < 4.78 is 26.6. The first kappa shape index (κ1) is 25.8. The lowest BCUT2D eigenvalue weighted by Crippen LogP contribution is -2.31. The minimum atomic E-state index is -0.284. The van der Waals surface area contributed by atoms with Gasteiger partial charge in [-0.1, -0.05) is 66.4 Å². The first-order valence-corrected chi connectivity index (χ1v) is 13.1. The van der Waals surface area contributed by atoms with Crippen molar-refractivity contribution in [3.05, 3.63) is 107 Å². The Labute approximate surface area is 229 Å². The first-order valence-electron chi connectivity index (χ1n) is 11.9. The number of nitrogens with zero attached hydrogens (tertiary/aromatic N) is 3. The Morgan fingerprint density at radius 2 is 1.84 bits per heavy atom. The standard InChI is InChI=1S/C29H24FN3O3S2/c1-35-15-14-32-28(34)26(38-29(32)37)17-22-18-33(24-7-3-2-4-8-24)31-27(22)21-6-5-9-25(16-21)36-19-20-10-12-23(30)13-11-20/h2-13,16-18H,14-15,19H2,1H3/b26-17-. The number of carbonyl (C=O) groups is 1. The predicted octanol–water partition coefficient (Wildman–Crippen LogP) is 6.11. The van der Waals surface area contributed by atoms with Gasteiger partial charge in [0.25, 0.3) is 5.91 Å². The maximum absolute atomic E-state index is 13.2. The van der Waals surface area contributed by atoms with E-state index in [4.69, 9.17) is 26.8 Å². The molecule has 6 nitrogen and oxygen atoms in total.